The molecular formula is C8H15NO2. The Kier molecular flexibility index (Phi) is 4.34. The fourth-order valence-electron chi connectivity index (χ4n) is 0.868. The molecule has 3 N–H and O–H groups in total. The maximum atomic E-state index is 10.6. The molecule has 0 heterocycles. The maximum absolute atomic E-state index is 10.6. The van der Waals surface area contributed by atoms with Gasteiger partial charge in [-0.25, -0.2) is 4.79 Å². The highest BCUT2D eigenvalue weighted by Gasteiger charge is 2.08. The highest BCUT2D eigenvalue weighted by molar-refractivity contribution is 5.87. The summed E-state index contributed by atoms with van der Waals surface area (Å²) < 4.78 is 0. The number of hydrogen-bond donors (Lipinski definition) is 2. The number of carbonyl (C=O) groups is 1. The number of carboxylic acids is 1. The van der Waals surface area contributed by atoms with Crippen molar-refractivity contribution in [3.8, 4) is 0 Å². The van der Waals surface area contributed by atoms with Gasteiger partial charge in [0.1, 0.15) is 0 Å². The average Bonchev–Trinajstić information content (AvgIpc) is 1.98. The molecule has 0 unspecified atom stereocenters. The molecule has 0 amide bonds. The Labute approximate surface area is 66.9 Å². The number of rotatable bonds is 4. The predicted molar refractivity (Wildman–Crippen MR) is 44.0 cm³/mol. The second kappa shape index (κ2) is 4.77. The first-order chi connectivity index (χ1) is 5.13. The van der Waals surface area contributed by atoms with E-state index in [1.807, 2.05) is 13.8 Å². The van der Waals surface area contributed by atoms with Gasteiger partial charge in [-0.1, -0.05) is 20.3 Å². The van der Waals surface area contributed by atoms with E-state index in [1.165, 1.54) is 0 Å². The van der Waals surface area contributed by atoms with Crippen LogP contribution in [0.4, 0.5) is 0 Å². The highest BCUT2D eigenvalue weighted by Crippen LogP contribution is 2.09. The van der Waals surface area contributed by atoms with Crippen molar-refractivity contribution in [1.29, 1.82) is 0 Å². The second-order valence-corrected chi connectivity index (χ2v) is 2.41. The number of hydrogen-bond acceptors (Lipinski definition) is 2. The summed E-state index contributed by atoms with van der Waals surface area (Å²) in [6.45, 7) is 3.79. The lowest BCUT2D eigenvalue weighted by Gasteiger charge is -2.03. The molecule has 0 bridgehead atoms. The Balaban J connectivity index is 4.43. The summed E-state index contributed by atoms with van der Waals surface area (Å²) in [6.07, 6.45) is 2.00. The summed E-state index contributed by atoms with van der Waals surface area (Å²) in [4.78, 5) is 10.6. The maximum Gasteiger partial charge on any atom is 0.333 e. The van der Waals surface area contributed by atoms with Crippen LogP contribution in [0.25, 0.3) is 0 Å². The van der Waals surface area contributed by atoms with Crippen LogP contribution in [0.5, 0.6) is 0 Å². The van der Waals surface area contributed by atoms with Crippen molar-refractivity contribution in [1.82, 2.24) is 0 Å². The van der Waals surface area contributed by atoms with Crippen LogP contribution in [-0.2, 0) is 4.79 Å². The van der Waals surface area contributed by atoms with Gasteiger partial charge in [-0.3, -0.25) is 0 Å². The van der Waals surface area contributed by atoms with E-state index in [9.17, 15) is 4.79 Å². The Bertz CT molecular complexity index is 173. The zero-order chi connectivity index (χ0) is 8.85. The molecule has 0 rings (SSSR count). The molecule has 0 atom stereocenters. The predicted octanol–water partition coefficient (Wildman–Crippen LogP) is 1.49. The molecule has 0 aliphatic carbocycles. The first-order valence-corrected chi connectivity index (χ1v) is 3.84. The van der Waals surface area contributed by atoms with Gasteiger partial charge in [-0.2, -0.15) is 0 Å². The van der Waals surface area contributed by atoms with Gasteiger partial charge in [0.15, 0.2) is 0 Å². The van der Waals surface area contributed by atoms with E-state index < -0.39 is 5.97 Å². The summed E-state index contributed by atoms with van der Waals surface area (Å²) in [5.74, 6) is -0.883. The van der Waals surface area contributed by atoms with Gasteiger partial charge in [-0.05, 0) is 12.8 Å². The van der Waals surface area contributed by atoms with Crippen LogP contribution in [0.2, 0.25) is 0 Å². The Morgan fingerprint density at radius 3 is 2.27 bits per heavy atom. The zero-order valence-electron chi connectivity index (χ0n) is 7.05. The van der Waals surface area contributed by atoms with E-state index in [0.29, 0.717) is 24.1 Å². The third-order valence-corrected chi connectivity index (χ3v) is 1.53. The monoisotopic (exact) mass is 157 g/mol. The fraction of sp³-hybridized carbons (Fsp3) is 0.625. The molecule has 0 aliphatic rings. The molecule has 11 heavy (non-hydrogen) atoms. The Hall–Kier alpha value is -0.990. The molecule has 0 spiro atoms. The minimum Gasteiger partial charge on any atom is -0.478 e. The van der Waals surface area contributed by atoms with Crippen molar-refractivity contribution < 1.29 is 9.90 Å². The Morgan fingerprint density at radius 1 is 1.45 bits per heavy atom. The third-order valence-electron chi connectivity index (χ3n) is 1.53. The molecule has 64 valence electrons. The molecule has 0 aromatic rings. The first kappa shape index (κ1) is 10.0. The minimum absolute atomic E-state index is 0.370. The molecule has 0 aromatic heterocycles. The van der Waals surface area contributed by atoms with Crippen LogP contribution in [0, 0.1) is 0 Å². The SMILES string of the molecule is CCC/C(C(=O)O)=C(\N)CC. The summed E-state index contributed by atoms with van der Waals surface area (Å²) in [7, 11) is 0. The van der Waals surface area contributed by atoms with Crippen LogP contribution < -0.4 is 5.73 Å². The molecule has 3 nitrogen and oxygen atoms in total. The standard InChI is InChI=1S/C8H15NO2/c1-3-5-6(8(10)11)7(9)4-2/h3-5,9H2,1-2H3,(H,10,11)/b7-6+. The third kappa shape index (κ3) is 3.07. The first-order valence-electron chi connectivity index (χ1n) is 3.84. The van der Waals surface area contributed by atoms with Crippen molar-refractivity contribution in [3.63, 3.8) is 0 Å². The minimum atomic E-state index is -0.883. The van der Waals surface area contributed by atoms with Crippen molar-refractivity contribution in [3.05, 3.63) is 11.3 Å². The van der Waals surface area contributed by atoms with E-state index in [1.54, 1.807) is 0 Å². The highest BCUT2D eigenvalue weighted by atomic mass is 16.4. The Morgan fingerprint density at radius 2 is 2.00 bits per heavy atom. The van der Waals surface area contributed by atoms with Gasteiger partial charge in [-0.15, -0.1) is 0 Å². The van der Waals surface area contributed by atoms with Crippen molar-refractivity contribution in [2.75, 3.05) is 0 Å². The summed E-state index contributed by atoms with van der Waals surface area (Å²) >= 11 is 0. The zero-order valence-corrected chi connectivity index (χ0v) is 7.05. The molecule has 0 fully saturated rings. The van der Waals surface area contributed by atoms with Crippen LogP contribution >= 0.6 is 0 Å². The van der Waals surface area contributed by atoms with Crippen LogP contribution in [0.15, 0.2) is 11.3 Å². The number of nitrogens with two attached hydrogens (primary N) is 1. The van der Waals surface area contributed by atoms with Gasteiger partial charge < -0.3 is 10.8 Å². The van der Waals surface area contributed by atoms with Gasteiger partial charge in [0.25, 0.3) is 0 Å². The van der Waals surface area contributed by atoms with Crippen molar-refractivity contribution in [2.24, 2.45) is 5.73 Å². The molecule has 0 saturated heterocycles. The number of carboxylic acid groups (broad SMARTS) is 1. The van der Waals surface area contributed by atoms with E-state index in [4.69, 9.17) is 10.8 Å². The average molecular weight is 157 g/mol. The van der Waals surface area contributed by atoms with Crippen LogP contribution in [-0.4, -0.2) is 11.1 Å². The van der Waals surface area contributed by atoms with E-state index in [2.05, 4.69) is 0 Å². The largest absolute Gasteiger partial charge is 0.478 e. The molecule has 0 radical (unpaired) electrons. The van der Waals surface area contributed by atoms with Crippen LogP contribution in [0.3, 0.4) is 0 Å². The number of allylic oxidation sites excluding steroid dienone is 1. The quantitative estimate of drug-likeness (QED) is 0.608. The number of aliphatic carboxylic acids is 1. The van der Waals surface area contributed by atoms with Crippen molar-refractivity contribution in [2.45, 2.75) is 33.1 Å². The van der Waals surface area contributed by atoms with E-state index in [0.717, 1.165) is 6.42 Å². The smallest absolute Gasteiger partial charge is 0.333 e. The molecule has 3 heteroatoms. The van der Waals surface area contributed by atoms with Gasteiger partial charge in [0.2, 0.25) is 0 Å². The van der Waals surface area contributed by atoms with Gasteiger partial charge in [0, 0.05) is 5.70 Å². The lowest BCUT2D eigenvalue weighted by molar-refractivity contribution is -0.132. The normalized spacial score (nSPS) is 12.5. The summed E-state index contributed by atoms with van der Waals surface area (Å²) in [6, 6.07) is 0. The molecular weight excluding hydrogens is 142 g/mol. The summed E-state index contributed by atoms with van der Waals surface area (Å²) in [5.41, 5.74) is 6.37. The lowest BCUT2D eigenvalue weighted by atomic mass is 10.1. The molecule has 0 aliphatic heterocycles. The molecule has 0 aromatic carbocycles. The van der Waals surface area contributed by atoms with Crippen LogP contribution in [0.1, 0.15) is 33.1 Å². The summed E-state index contributed by atoms with van der Waals surface area (Å²) in [5, 5.41) is 8.67. The fourth-order valence-corrected chi connectivity index (χ4v) is 0.868. The topological polar surface area (TPSA) is 63.3 Å². The molecule has 0 saturated carbocycles. The lowest BCUT2D eigenvalue weighted by Crippen LogP contribution is -2.09. The van der Waals surface area contributed by atoms with Gasteiger partial charge in [0.05, 0.1) is 5.57 Å². The van der Waals surface area contributed by atoms with Crippen molar-refractivity contribution >= 4 is 5.97 Å². The van der Waals surface area contributed by atoms with E-state index in [-0.39, 0.29) is 0 Å². The van der Waals surface area contributed by atoms with Gasteiger partial charge >= 0.3 is 5.97 Å². The van der Waals surface area contributed by atoms with E-state index >= 15 is 0 Å². The second-order valence-electron chi connectivity index (χ2n) is 2.41.